The lowest BCUT2D eigenvalue weighted by Gasteiger charge is -2.30. The van der Waals surface area contributed by atoms with Gasteiger partial charge in [-0.15, -0.1) is 0 Å². The zero-order valence-corrected chi connectivity index (χ0v) is 19.8. The van der Waals surface area contributed by atoms with Gasteiger partial charge in [-0.2, -0.15) is 0 Å². The number of fused-ring (bicyclic) bond motifs is 2. The van der Waals surface area contributed by atoms with Gasteiger partial charge in [-0.3, -0.25) is 14.6 Å². The van der Waals surface area contributed by atoms with Gasteiger partial charge in [-0.25, -0.2) is 14.8 Å². The number of para-hydroxylation sites is 1. The largest absolute Gasteiger partial charge is 0.457 e. The molecule has 2 saturated heterocycles. The fourth-order valence-corrected chi connectivity index (χ4v) is 6.07. The minimum atomic E-state index is -0.470. The Hall–Kier alpha value is -4.14. The molecular formula is C27H28N6O3. The lowest BCUT2D eigenvalue weighted by atomic mass is 10.0. The van der Waals surface area contributed by atoms with Crippen molar-refractivity contribution in [3.8, 4) is 11.5 Å². The molecule has 4 unspecified atom stereocenters. The van der Waals surface area contributed by atoms with Crippen LogP contribution in [0.2, 0.25) is 0 Å². The third kappa shape index (κ3) is 3.71. The van der Waals surface area contributed by atoms with E-state index in [2.05, 4.69) is 16.6 Å². The smallest absolute Gasteiger partial charge is 0.327 e. The van der Waals surface area contributed by atoms with Gasteiger partial charge in [0, 0.05) is 24.8 Å². The molecule has 3 fully saturated rings. The maximum absolute atomic E-state index is 13.9. The number of likely N-dealkylation sites (tertiary alicyclic amines) is 1. The highest BCUT2D eigenvalue weighted by Crippen LogP contribution is 2.44. The highest BCUT2D eigenvalue weighted by molar-refractivity contribution is 6.07. The second kappa shape index (κ2) is 8.82. The maximum Gasteiger partial charge on any atom is 0.327 e. The number of amidine groups is 1. The Bertz CT molecular complexity index is 1230. The van der Waals surface area contributed by atoms with Crippen LogP contribution < -0.4 is 15.4 Å². The van der Waals surface area contributed by atoms with Crippen molar-refractivity contribution in [3.05, 3.63) is 67.3 Å². The molecule has 9 nitrogen and oxygen atoms in total. The van der Waals surface area contributed by atoms with Crippen LogP contribution in [0, 0.1) is 11.8 Å². The number of amides is 3. The zero-order valence-electron chi connectivity index (χ0n) is 19.8. The molecule has 1 aliphatic carbocycles. The van der Waals surface area contributed by atoms with Gasteiger partial charge < -0.3 is 15.4 Å². The van der Waals surface area contributed by atoms with E-state index in [1.54, 1.807) is 4.90 Å². The van der Waals surface area contributed by atoms with E-state index in [-0.39, 0.29) is 18.0 Å². The average Bonchev–Trinajstić information content (AvgIpc) is 3.55. The zero-order chi connectivity index (χ0) is 24.8. The van der Waals surface area contributed by atoms with Crippen molar-refractivity contribution in [2.45, 2.75) is 31.1 Å². The standard InChI is InChI=1S/C27H28N6O3/c1-2-23(34)31-14-17-12-20(13-18(17)15-31)33-26-24(25(28)29-16-30-26)32(27(33)35)19-8-10-22(11-9-19)36-21-6-4-3-5-7-21/h2-11,16-18,20,24,26H,1,12-15H2,(H2,28,29,30). The number of ether oxygens (including phenoxy) is 1. The van der Waals surface area contributed by atoms with E-state index in [0.717, 1.165) is 18.6 Å². The number of carbonyl (C=O) groups excluding carboxylic acids is 2. The number of carbonyl (C=O) groups is 2. The molecule has 0 aromatic heterocycles. The maximum atomic E-state index is 13.9. The van der Waals surface area contributed by atoms with Crippen molar-refractivity contribution in [1.29, 1.82) is 0 Å². The average molecular weight is 485 g/mol. The SMILES string of the molecule is C=CC(=O)N1CC2CC(N3C(=O)N(c4ccc(Oc5ccccc5)cc4)C4C(N)=NC=NC43)CC2C1. The van der Waals surface area contributed by atoms with Crippen LogP contribution in [0.15, 0.2) is 77.2 Å². The highest BCUT2D eigenvalue weighted by Gasteiger charge is 2.55. The molecule has 2 aromatic rings. The predicted octanol–water partition coefficient (Wildman–Crippen LogP) is 3.24. The van der Waals surface area contributed by atoms with Gasteiger partial charge in [0.25, 0.3) is 0 Å². The monoisotopic (exact) mass is 484 g/mol. The molecule has 4 aliphatic rings. The molecule has 6 rings (SSSR count). The molecule has 184 valence electrons. The van der Waals surface area contributed by atoms with E-state index in [4.69, 9.17) is 10.5 Å². The van der Waals surface area contributed by atoms with Crippen LogP contribution in [-0.4, -0.2) is 65.3 Å². The molecule has 3 aliphatic heterocycles. The van der Waals surface area contributed by atoms with Gasteiger partial charge in [-0.1, -0.05) is 24.8 Å². The minimum Gasteiger partial charge on any atom is -0.457 e. The summed E-state index contributed by atoms with van der Waals surface area (Å²) in [4.78, 5) is 40.2. The van der Waals surface area contributed by atoms with Crippen molar-refractivity contribution >= 4 is 29.8 Å². The first-order chi connectivity index (χ1) is 17.5. The molecule has 3 amide bonds. The molecule has 0 bridgehead atoms. The van der Waals surface area contributed by atoms with Gasteiger partial charge >= 0.3 is 6.03 Å². The fraction of sp³-hybridized carbons (Fsp3) is 0.333. The first-order valence-electron chi connectivity index (χ1n) is 12.2. The topological polar surface area (TPSA) is 104 Å². The van der Waals surface area contributed by atoms with Crippen LogP contribution in [0.1, 0.15) is 12.8 Å². The lowest BCUT2D eigenvalue weighted by Crippen LogP contribution is -2.49. The van der Waals surface area contributed by atoms with Crippen LogP contribution in [-0.2, 0) is 4.79 Å². The molecule has 3 heterocycles. The fourth-order valence-electron chi connectivity index (χ4n) is 6.07. The van der Waals surface area contributed by atoms with Crippen LogP contribution in [0.3, 0.4) is 0 Å². The van der Waals surface area contributed by atoms with Gasteiger partial charge in [0.15, 0.2) is 6.17 Å². The molecule has 0 radical (unpaired) electrons. The van der Waals surface area contributed by atoms with Gasteiger partial charge in [0.05, 0.1) is 0 Å². The number of urea groups is 1. The van der Waals surface area contributed by atoms with Crippen molar-refractivity contribution in [2.24, 2.45) is 27.6 Å². The lowest BCUT2D eigenvalue weighted by molar-refractivity contribution is -0.125. The number of benzene rings is 2. The van der Waals surface area contributed by atoms with E-state index in [1.807, 2.05) is 64.4 Å². The summed E-state index contributed by atoms with van der Waals surface area (Å²) >= 11 is 0. The minimum absolute atomic E-state index is 0.0232. The summed E-state index contributed by atoms with van der Waals surface area (Å²) < 4.78 is 5.91. The molecule has 2 N–H and O–H groups in total. The molecule has 0 spiro atoms. The van der Waals surface area contributed by atoms with E-state index in [1.165, 1.54) is 12.4 Å². The number of nitrogens with zero attached hydrogens (tertiary/aromatic N) is 5. The predicted molar refractivity (Wildman–Crippen MR) is 137 cm³/mol. The highest BCUT2D eigenvalue weighted by atomic mass is 16.5. The molecule has 2 aromatic carbocycles. The van der Waals surface area contributed by atoms with E-state index in [0.29, 0.717) is 42.2 Å². The summed E-state index contributed by atoms with van der Waals surface area (Å²) in [5.41, 5.74) is 7.04. The van der Waals surface area contributed by atoms with Crippen LogP contribution in [0.25, 0.3) is 0 Å². The first-order valence-corrected chi connectivity index (χ1v) is 12.2. The Morgan fingerprint density at radius 3 is 2.36 bits per heavy atom. The summed E-state index contributed by atoms with van der Waals surface area (Å²) in [7, 11) is 0. The summed E-state index contributed by atoms with van der Waals surface area (Å²) in [5, 5.41) is 0. The van der Waals surface area contributed by atoms with E-state index in [9.17, 15) is 9.59 Å². The second-order valence-corrected chi connectivity index (χ2v) is 9.74. The second-order valence-electron chi connectivity index (χ2n) is 9.74. The third-order valence-electron chi connectivity index (χ3n) is 7.70. The molecule has 1 saturated carbocycles. The van der Waals surface area contributed by atoms with Crippen LogP contribution >= 0.6 is 0 Å². The van der Waals surface area contributed by atoms with E-state index < -0.39 is 12.2 Å². The van der Waals surface area contributed by atoms with Crippen LogP contribution in [0.4, 0.5) is 10.5 Å². The third-order valence-corrected chi connectivity index (χ3v) is 7.70. The number of hydrogen-bond donors (Lipinski definition) is 1. The molecule has 4 atom stereocenters. The number of anilines is 1. The van der Waals surface area contributed by atoms with Crippen molar-refractivity contribution in [3.63, 3.8) is 0 Å². The van der Waals surface area contributed by atoms with Crippen molar-refractivity contribution in [2.75, 3.05) is 18.0 Å². The number of hydrogen-bond acceptors (Lipinski definition) is 6. The Morgan fingerprint density at radius 1 is 1.03 bits per heavy atom. The normalized spacial score (nSPS) is 28.7. The first kappa shape index (κ1) is 22.3. The van der Waals surface area contributed by atoms with Gasteiger partial charge in [0.1, 0.15) is 29.7 Å². The summed E-state index contributed by atoms with van der Waals surface area (Å²) in [6, 6.07) is 16.4. The molecule has 36 heavy (non-hydrogen) atoms. The Morgan fingerprint density at radius 2 is 1.69 bits per heavy atom. The van der Waals surface area contributed by atoms with Crippen molar-refractivity contribution < 1.29 is 14.3 Å². The summed E-state index contributed by atoms with van der Waals surface area (Å²) in [6.45, 7) is 5.03. The Balaban J connectivity index is 1.23. The number of aliphatic imine (C=N–C) groups is 2. The van der Waals surface area contributed by atoms with Gasteiger partial charge in [0.2, 0.25) is 5.91 Å². The van der Waals surface area contributed by atoms with Crippen molar-refractivity contribution in [1.82, 2.24) is 9.80 Å². The Kier molecular flexibility index (Phi) is 5.47. The molecular weight excluding hydrogens is 456 g/mol. The quantitative estimate of drug-likeness (QED) is 0.658. The molecule has 9 heteroatoms. The number of rotatable bonds is 5. The van der Waals surface area contributed by atoms with Crippen LogP contribution in [0.5, 0.6) is 11.5 Å². The van der Waals surface area contributed by atoms with E-state index >= 15 is 0 Å². The summed E-state index contributed by atoms with van der Waals surface area (Å²) in [5.74, 6) is 2.50. The number of nitrogens with two attached hydrogens (primary N) is 1. The Labute approximate surface area is 209 Å². The van der Waals surface area contributed by atoms with Gasteiger partial charge in [-0.05, 0) is 67.2 Å². The summed E-state index contributed by atoms with van der Waals surface area (Å²) in [6.07, 6.45) is 4.08.